The van der Waals surface area contributed by atoms with Crippen molar-refractivity contribution in [3.8, 4) is 5.75 Å². The lowest BCUT2D eigenvalue weighted by Gasteiger charge is -2.13. The first-order valence-electron chi connectivity index (χ1n) is 6.35. The Hall–Kier alpha value is -2.34. The van der Waals surface area contributed by atoms with E-state index in [1.807, 2.05) is 24.4 Å². The van der Waals surface area contributed by atoms with Crippen molar-refractivity contribution in [2.45, 2.75) is 13.0 Å². The Morgan fingerprint density at radius 3 is 2.81 bits per heavy atom. The third-order valence-electron chi connectivity index (χ3n) is 2.80. The number of carbonyl (C=O) groups is 2. The molecule has 2 N–H and O–H groups in total. The second-order valence-corrected chi connectivity index (χ2v) is 5.41. The van der Waals surface area contributed by atoms with E-state index in [9.17, 15) is 9.59 Å². The summed E-state index contributed by atoms with van der Waals surface area (Å²) in [5, 5.41) is 13.6. The maximum absolute atomic E-state index is 11.8. The monoisotopic (exact) mass is 305 g/mol. The Morgan fingerprint density at radius 1 is 1.33 bits per heavy atom. The van der Waals surface area contributed by atoms with Gasteiger partial charge in [0.2, 0.25) is 0 Å². The van der Waals surface area contributed by atoms with E-state index >= 15 is 0 Å². The van der Waals surface area contributed by atoms with Gasteiger partial charge in [-0.25, -0.2) is 4.79 Å². The summed E-state index contributed by atoms with van der Waals surface area (Å²) < 4.78 is 5.30. The molecule has 0 radical (unpaired) electrons. The number of nitrogens with one attached hydrogen (secondary N) is 1. The Bertz CT molecular complexity index is 624. The number of amides is 1. The minimum atomic E-state index is -1.03. The molecule has 0 saturated heterocycles. The van der Waals surface area contributed by atoms with Gasteiger partial charge >= 0.3 is 5.97 Å². The molecule has 0 spiro atoms. The van der Waals surface area contributed by atoms with Gasteiger partial charge in [0, 0.05) is 4.88 Å². The SMILES string of the molecule is C[C@@H](NC(=O)COc1cccc(C(=O)O)c1)c1cccs1. The molecule has 1 amide bonds. The van der Waals surface area contributed by atoms with E-state index in [2.05, 4.69) is 5.32 Å². The van der Waals surface area contributed by atoms with E-state index < -0.39 is 5.97 Å². The van der Waals surface area contributed by atoms with Crippen LogP contribution in [0.2, 0.25) is 0 Å². The maximum atomic E-state index is 11.8. The van der Waals surface area contributed by atoms with Crippen LogP contribution < -0.4 is 10.1 Å². The standard InChI is InChI=1S/C15H15NO4S/c1-10(13-6-3-7-21-13)16-14(17)9-20-12-5-2-4-11(8-12)15(18)19/h2-8,10H,9H2,1H3,(H,16,17)(H,18,19)/t10-/m1/s1. The zero-order valence-corrected chi connectivity index (χ0v) is 12.2. The third-order valence-corrected chi connectivity index (χ3v) is 3.85. The molecule has 0 saturated carbocycles. The van der Waals surface area contributed by atoms with Crippen molar-refractivity contribution in [1.82, 2.24) is 5.32 Å². The van der Waals surface area contributed by atoms with Crippen molar-refractivity contribution >= 4 is 23.2 Å². The highest BCUT2D eigenvalue weighted by atomic mass is 32.1. The molecule has 1 atom stereocenters. The smallest absolute Gasteiger partial charge is 0.335 e. The van der Waals surface area contributed by atoms with Crippen molar-refractivity contribution in [2.75, 3.05) is 6.61 Å². The highest BCUT2D eigenvalue weighted by molar-refractivity contribution is 7.10. The maximum Gasteiger partial charge on any atom is 0.335 e. The highest BCUT2D eigenvalue weighted by Crippen LogP contribution is 2.18. The number of rotatable bonds is 6. The molecule has 6 heteroatoms. The number of carboxylic acids is 1. The Labute approximate surface area is 126 Å². The molecule has 5 nitrogen and oxygen atoms in total. The molecule has 110 valence electrons. The molecule has 0 bridgehead atoms. The minimum Gasteiger partial charge on any atom is -0.484 e. The van der Waals surface area contributed by atoms with Crippen LogP contribution >= 0.6 is 11.3 Å². The van der Waals surface area contributed by atoms with E-state index in [4.69, 9.17) is 9.84 Å². The molecule has 0 fully saturated rings. The summed E-state index contributed by atoms with van der Waals surface area (Å²) in [5.74, 6) is -0.929. The van der Waals surface area contributed by atoms with Crippen molar-refractivity contribution in [3.63, 3.8) is 0 Å². The topological polar surface area (TPSA) is 75.6 Å². The Balaban J connectivity index is 1.86. The summed E-state index contributed by atoms with van der Waals surface area (Å²) >= 11 is 1.57. The predicted octanol–water partition coefficient (Wildman–Crippen LogP) is 2.70. The molecular formula is C15H15NO4S. The molecule has 2 rings (SSSR count). The van der Waals surface area contributed by atoms with Gasteiger partial charge in [-0.2, -0.15) is 0 Å². The van der Waals surface area contributed by atoms with E-state index in [0.29, 0.717) is 5.75 Å². The molecular weight excluding hydrogens is 290 g/mol. The van der Waals surface area contributed by atoms with Gasteiger partial charge < -0.3 is 15.2 Å². The lowest BCUT2D eigenvalue weighted by Crippen LogP contribution is -2.30. The van der Waals surface area contributed by atoms with E-state index in [1.54, 1.807) is 23.5 Å². The first-order valence-corrected chi connectivity index (χ1v) is 7.23. The number of ether oxygens (including phenoxy) is 1. The van der Waals surface area contributed by atoms with Gasteiger partial charge in [-0.3, -0.25) is 4.79 Å². The summed E-state index contributed by atoms with van der Waals surface area (Å²) in [7, 11) is 0. The van der Waals surface area contributed by atoms with E-state index in [-0.39, 0.29) is 24.1 Å². The van der Waals surface area contributed by atoms with Gasteiger partial charge in [0.15, 0.2) is 6.61 Å². The van der Waals surface area contributed by atoms with Crippen LogP contribution in [0.15, 0.2) is 41.8 Å². The van der Waals surface area contributed by atoms with Gasteiger partial charge in [0.1, 0.15) is 5.75 Å². The van der Waals surface area contributed by atoms with Crippen LogP contribution in [0.1, 0.15) is 28.2 Å². The average molecular weight is 305 g/mol. The fourth-order valence-electron chi connectivity index (χ4n) is 1.76. The van der Waals surface area contributed by atoms with Crippen LogP contribution in [0.3, 0.4) is 0 Å². The zero-order chi connectivity index (χ0) is 15.2. The normalized spacial score (nSPS) is 11.7. The Morgan fingerprint density at radius 2 is 2.14 bits per heavy atom. The predicted molar refractivity (Wildman–Crippen MR) is 79.8 cm³/mol. The Kier molecular flexibility index (Phi) is 4.94. The lowest BCUT2D eigenvalue weighted by atomic mass is 10.2. The van der Waals surface area contributed by atoms with Crippen LogP contribution in [0, 0.1) is 0 Å². The first kappa shape index (κ1) is 15.1. The first-order chi connectivity index (χ1) is 10.1. The van der Waals surface area contributed by atoms with Crippen LogP contribution in [-0.4, -0.2) is 23.6 Å². The summed E-state index contributed by atoms with van der Waals surface area (Å²) in [4.78, 5) is 23.7. The van der Waals surface area contributed by atoms with E-state index in [1.165, 1.54) is 12.1 Å². The van der Waals surface area contributed by atoms with Crippen molar-refractivity contribution in [1.29, 1.82) is 0 Å². The van der Waals surface area contributed by atoms with Crippen molar-refractivity contribution in [3.05, 3.63) is 52.2 Å². The average Bonchev–Trinajstić information content (AvgIpc) is 2.99. The molecule has 21 heavy (non-hydrogen) atoms. The quantitative estimate of drug-likeness (QED) is 0.860. The molecule has 2 aromatic rings. The number of benzene rings is 1. The third kappa shape index (κ3) is 4.32. The van der Waals surface area contributed by atoms with Gasteiger partial charge in [0.05, 0.1) is 11.6 Å². The number of hydrogen-bond acceptors (Lipinski definition) is 4. The number of aromatic carboxylic acids is 1. The zero-order valence-electron chi connectivity index (χ0n) is 11.4. The summed E-state index contributed by atoms with van der Waals surface area (Å²) in [6, 6.07) is 9.84. The summed E-state index contributed by atoms with van der Waals surface area (Å²) in [5.41, 5.74) is 0.125. The minimum absolute atomic E-state index is 0.0774. The fraction of sp³-hybridized carbons (Fsp3) is 0.200. The van der Waals surface area contributed by atoms with Crippen LogP contribution in [0.25, 0.3) is 0 Å². The molecule has 0 aliphatic carbocycles. The summed E-state index contributed by atoms with van der Waals surface area (Å²) in [6.07, 6.45) is 0. The molecule has 0 aliphatic rings. The van der Waals surface area contributed by atoms with Crippen LogP contribution in [0.4, 0.5) is 0 Å². The van der Waals surface area contributed by atoms with Gasteiger partial charge in [0.25, 0.3) is 5.91 Å². The van der Waals surface area contributed by atoms with Crippen molar-refractivity contribution < 1.29 is 19.4 Å². The molecule has 1 aromatic carbocycles. The van der Waals surface area contributed by atoms with Gasteiger partial charge in [-0.15, -0.1) is 11.3 Å². The largest absolute Gasteiger partial charge is 0.484 e. The number of carbonyl (C=O) groups excluding carboxylic acids is 1. The number of carboxylic acid groups (broad SMARTS) is 1. The lowest BCUT2D eigenvalue weighted by molar-refractivity contribution is -0.123. The van der Waals surface area contributed by atoms with Crippen LogP contribution in [0.5, 0.6) is 5.75 Å². The van der Waals surface area contributed by atoms with Gasteiger partial charge in [-0.1, -0.05) is 12.1 Å². The second-order valence-electron chi connectivity index (χ2n) is 4.43. The number of hydrogen-bond donors (Lipinski definition) is 2. The molecule has 0 aliphatic heterocycles. The molecule has 0 unspecified atom stereocenters. The molecule has 1 aromatic heterocycles. The number of thiophene rings is 1. The second kappa shape index (κ2) is 6.90. The van der Waals surface area contributed by atoms with Crippen LogP contribution in [-0.2, 0) is 4.79 Å². The van der Waals surface area contributed by atoms with E-state index in [0.717, 1.165) is 4.88 Å². The van der Waals surface area contributed by atoms with Gasteiger partial charge in [-0.05, 0) is 36.6 Å². The summed E-state index contributed by atoms with van der Waals surface area (Å²) in [6.45, 7) is 1.74. The molecule has 1 heterocycles. The van der Waals surface area contributed by atoms with Crippen molar-refractivity contribution in [2.24, 2.45) is 0 Å². The fourth-order valence-corrected chi connectivity index (χ4v) is 2.49. The highest BCUT2D eigenvalue weighted by Gasteiger charge is 2.11.